The maximum atomic E-state index is 3.18. The number of nitrogens with one attached hydrogen (secondary N) is 1. The van der Waals surface area contributed by atoms with Crippen LogP contribution in [0.2, 0.25) is 0 Å². The molecule has 0 fully saturated rings. The zero-order chi connectivity index (χ0) is 7.72. The molecule has 64 valence electrons. The van der Waals surface area contributed by atoms with E-state index in [-0.39, 0.29) is 24.0 Å². The van der Waals surface area contributed by atoms with E-state index < -0.39 is 0 Å². The van der Waals surface area contributed by atoms with Gasteiger partial charge >= 0.3 is 0 Å². The zero-order valence-electron chi connectivity index (χ0n) is 7.48. The van der Waals surface area contributed by atoms with Gasteiger partial charge in [-0.15, -0.1) is 0 Å². The Kier molecular flexibility index (Phi) is 4.07. The van der Waals surface area contributed by atoms with E-state index in [9.17, 15) is 0 Å². The Morgan fingerprint density at radius 2 is 2.00 bits per heavy atom. The molecule has 3 heteroatoms. The van der Waals surface area contributed by atoms with Crippen LogP contribution in [0.4, 0.5) is 0 Å². The average molecular weight is 266 g/mol. The summed E-state index contributed by atoms with van der Waals surface area (Å²) in [7, 11) is 2.08. The van der Waals surface area contributed by atoms with Crippen LogP contribution >= 0.6 is 0 Å². The zero-order valence-corrected chi connectivity index (χ0v) is 9.64. The lowest BCUT2D eigenvalue weighted by molar-refractivity contribution is -0.684. The van der Waals surface area contributed by atoms with Crippen LogP contribution in [-0.4, -0.2) is 4.98 Å². The van der Waals surface area contributed by atoms with Gasteiger partial charge in [-0.1, -0.05) is 13.8 Å². The van der Waals surface area contributed by atoms with Crippen LogP contribution in [0.5, 0.6) is 0 Å². The first kappa shape index (κ1) is 10.9. The van der Waals surface area contributed by atoms with Gasteiger partial charge in [-0.3, -0.25) is 0 Å². The average Bonchev–Trinajstić information content (AvgIpc) is 2.14. The van der Waals surface area contributed by atoms with Gasteiger partial charge in [0.25, 0.3) is 5.82 Å². The molecular formula is C8H15IN2. The Morgan fingerprint density at radius 1 is 1.45 bits per heavy atom. The Balaban J connectivity index is 0.000001000. The number of rotatable bonds is 1. The van der Waals surface area contributed by atoms with E-state index in [4.69, 9.17) is 0 Å². The maximum absolute atomic E-state index is 3.18. The molecule has 1 N–H and O–H groups in total. The molecule has 0 amide bonds. The van der Waals surface area contributed by atoms with Crippen LogP contribution in [0.15, 0.2) is 6.20 Å². The van der Waals surface area contributed by atoms with Crippen molar-refractivity contribution in [1.29, 1.82) is 0 Å². The number of aromatic amines is 1. The highest BCUT2D eigenvalue weighted by Gasteiger charge is 2.12. The largest absolute Gasteiger partial charge is 1.00 e. The van der Waals surface area contributed by atoms with Gasteiger partial charge in [0.2, 0.25) is 0 Å². The number of halogens is 1. The van der Waals surface area contributed by atoms with E-state index in [1.54, 1.807) is 0 Å². The lowest BCUT2D eigenvalue weighted by Crippen LogP contribution is -3.00. The fraction of sp³-hybridized carbons (Fsp3) is 0.625. The van der Waals surface area contributed by atoms with Crippen molar-refractivity contribution in [3.63, 3.8) is 0 Å². The summed E-state index contributed by atoms with van der Waals surface area (Å²) < 4.78 is 2.19. The third-order valence-electron chi connectivity index (χ3n) is 1.91. The van der Waals surface area contributed by atoms with Gasteiger partial charge in [-0.2, -0.15) is 0 Å². The SMILES string of the molecule is Cc1[nH]cc(C(C)C)[n+]1C.[I-]. The molecule has 0 unspecified atom stereocenters. The standard InChI is InChI=1S/C8H14N2.HI/c1-6(2)8-5-9-7(3)10(8)4;/h5-6H,1-4H3;1H. The van der Waals surface area contributed by atoms with Gasteiger partial charge in [0.1, 0.15) is 11.9 Å². The van der Waals surface area contributed by atoms with Gasteiger partial charge < -0.3 is 24.0 Å². The van der Waals surface area contributed by atoms with Crippen molar-refractivity contribution in [3.8, 4) is 0 Å². The van der Waals surface area contributed by atoms with E-state index >= 15 is 0 Å². The molecule has 1 heterocycles. The van der Waals surface area contributed by atoms with Crippen molar-refractivity contribution in [3.05, 3.63) is 17.7 Å². The predicted molar refractivity (Wildman–Crippen MR) is 40.8 cm³/mol. The molecule has 0 bridgehead atoms. The number of aryl methyl sites for hydroxylation is 1. The quantitative estimate of drug-likeness (QED) is 0.461. The van der Waals surface area contributed by atoms with Crippen molar-refractivity contribution in [1.82, 2.24) is 4.98 Å². The number of imidazole rings is 1. The summed E-state index contributed by atoms with van der Waals surface area (Å²) in [5.41, 5.74) is 1.36. The molecule has 0 atom stereocenters. The molecule has 0 spiro atoms. The predicted octanol–water partition coefficient (Wildman–Crippen LogP) is -1.72. The second kappa shape index (κ2) is 4.09. The fourth-order valence-corrected chi connectivity index (χ4v) is 1.12. The first-order chi connectivity index (χ1) is 4.63. The monoisotopic (exact) mass is 266 g/mol. The fourth-order valence-electron chi connectivity index (χ4n) is 1.12. The first-order valence-corrected chi connectivity index (χ1v) is 3.67. The van der Waals surface area contributed by atoms with E-state index in [0.717, 1.165) is 0 Å². The third kappa shape index (κ3) is 2.18. The van der Waals surface area contributed by atoms with Gasteiger partial charge in [0.15, 0.2) is 0 Å². The van der Waals surface area contributed by atoms with E-state index in [0.29, 0.717) is 5.92 Å². The van der Waals surface area contributed by atoms with Gasteiger partial charge in [0, 0.05) is 12.8 Å². The number of nitrogens with zero attached hydrogens (tertiary/aromatic N) is 1. The topological polar surface area (TPSA) is 19.7 Å². The maximum Gasteiger partial charge on any atom is 0.251 e. The summed E-state index contributed by atoms with van der Waals surface area (Å²) in [5, 5.41) is 0. The summed E-state index contributed by atoms with van der Waals surface area (Å²) in [6, 6.07) is 0. The molecule has 0 saturated carbocycles. The van der Waals surface area contributed by atoms with Crippen LogP contribution in [-0.2, 0) is 7.05 Å². The molecule has 1 rings (SSSR count). The van der Waals surface area contributed by atoms with Gasteiger partial charge in [-0.25, -0.2) is 9.55 Å². The number of hydrogen-bond acceptors (Lipinski definition) is 0. The van der Waals surface area contributed by atoms with Gasteiger partial charge in [-0.05, 0) is 0 Å². The molecular weight excluding hydrogens is 251 g/mol. The van der Waals surface area contributed by atoms with Crippen molar-refractivity contribution < 1.29 is 28.5 Å². The molecule has 1 aromatic heterocycles. The summed E-state index contributed by atoms with van der Waals surface area (Å²) >= 11 is 0. The lowest BCUT2D eigenvalue weighted by atomic mass is 10.1. The number of aromatic nitrogens is 2. The number of hydrogen-bond donors (Lipinski definition) is 1. The van der Waals surface area contributed by atoms with E-state index in [2.05, 4.69) is 43.6 Å². The molecule has 0 aliphatic rings. The van der Waals surface area contributed by atoms with Crippen LogP contribution in [0, 0.1) is 6.92 Å². The molecule has 0 aliphatic heterocycles. The van der Waals surface area contributed by atoms with Crippen LogP contribution in [0.3, 0.4) is 0 Å². The Bertz CT molecular complexity index is 228. The van der Waals surface area contributed by atoms with Gasteiger partial charge in [0.05, 0.1) is 7.05 Å². The lowest BCUT2D eigenvalue weighted by Gasteiger charge is -1.98. The second-order valence-electron chi connectivity index (χ2n) is 3.01. The van der Waals surface area contributed by atoms with Crippen molar-refractivity contribution >= 4 is 0 Å². The minimum Gasteiger partial charge on any atom is -1.00 e. The first-order valence-electron chi connectivity index (χ1n) is 3.67. The number of H-pyrrole nitrogens is 1. The summed E-state index contributed by atoms with van der Waals surface area (Å²) in [4.78, 5) is 3.18. The molecule has 0 saturated heterocycles. The van der Waals surface area contributed by atoms with Crippen LogP contribution in [0.1, 0.15) is 31.3 Å². The summed E-state index contributed by atoms with van der Waals surface area (Å²) in [5.74, 6) is 1.82. The van der Waals surface area contributed by atoms with Crippen molar-refractivity contribution in [2.24, 2.45) is 7.05 Å². The van der Waals surface area contributed by atoms with Crippen molar-refractivity contribution in [2.45, 2.75) is 26.7 Å². The highest BCUT2D eigenvalue weighted by molar-refractivity contribution is 4.95. The van der Waals surface area contributed by atoms with E-state index in [1.807, 2.05) is 0 Å². The molecule has 0 radical (unpaired) electrons. The second-order valence-corrected chi connectivity index (χ2v) is 3.01. The summed E-state index contributed by atoms with van der Waals surface area (Å²) in [6.07, 6.45) is 2.07. The molecule has 0 aliphatic carbocycles. The minimum absolute atomic E-state index is 0. The summed E-state index contributed by atoms with van der Waals surface area (Å²) in [6.45, 7) is 6.47. The highest BCUT2D eigenvalue weighted by Crippen LogP contribution is 2.07. The molecule has 11 heavy (non-hydrogen) atoms. The third-order valence-corrected chi connectivity index (χ3v) is 1.91. The molecule has 2 nitrogen and oxygen atoms in total. The van der Waals surface area contributed by atoms with Crippen LogP contribution < -0.4 is 28.5 Å². The minimum atomic E-state index is 0. The Labute approximate surface area is 85.0 Å². The Hall–Kier alpha value is -0.0600. The smallest absolute Gasteiger partial charge is 0.251 e. The van der Waals surface area contributed by atoms with E-state index in [1.165, 1.54) is 11.5 Å². The highest BCUT2D eigenvalue weighted by atomic mass is 127. The van der Waals surface area contributed by atoms with Crippen LogP contribution in [0.25, 0.3) is 0 Å². The Morgan fingerprint density at radius 3 is 2.18 bits per heavy atom. The molecule has 0 aromatic carbocycles. The molecule has 1 aromatic rings. The van der Waals surface area contributed by atoms with Crippen molar-refractivity contribution in [2.75, 3.05) is 0 Å². The normalized spacial score (nSPS) is 9.91.